The van der Waals surface area contributed by atoms with E-state index in [4.69, 9.17) is 40.2 Å². The highest BCUT2D eigenvalue weighted by molar-refractivity contribution is 7.78. The van der Waals surface area contributed by atoms with Crippen molar-refractivity contribution in [3.8, 4) is 0 Å². The van der Waals surface area contributed by atoms with E-state index < -0.39 is 4.30 Å². The molecule has 0 heterocycles. The van der Waals surface area contributed by atoms with Crippen molar-refractivity contribution in [1.29, 1.82) is 5.41 Å². The molecule has 0 bridgehead atoms. The van der Waals surface area contributed by atoms with Crippen LogP contribution in [0.5, 0.6) is 0 Å². The summed E-state index contributed by atoms with van der Waals surface area (Å²) in [7, 11) is 0. The van der Waals surface area contributed by atoms with E-state index in [-0.39, 0.29) is 0 Å². The second-order valence-electron chi connectivity index (χ2n) is 0.349. The number of halogens is 3. The number of hydrogen-bond acceptors (Lipinski definition) is 2. The molecule has 0 aliphatic carbocycles. The Morgan fingerprint density at radius 1 is 1.43 bits per heavy atom. The molecule has 0 saturated carbocycles. The zero-order chi connectivity index (χ0) is 6.28. The van der Waals surface area contributed by atoms with Gasteiger partial charge in [-0.3, -0.25) is 0 Å². The largest absolute Gasteiger partial charge is 0.248 e. The monoisotopic (exact) mass is 177 g/mol. The van der Waals surface area contributed by atoms with Crippen LogP contribution in [-0.2, 0) is 0 Å². The van der Waals surface area contributed by atoms with Gasteiger partial charge < -0.3 is 0 Å². The summed E-state index contributed by atoms with van der Waals surface area (Å²) >= 11 is 18.2. The molecule has 0 aromatic rings. The Hall–Kier alpha value is 0.670. The third kappa shape index (κ3) is 324. The number of isothiocyanates is 1. The van der Waals surface area contributed by atoms with E-state index in [1.165, 1.54) is 0 Å². The van der Waals surface area contributed by atoms with Gasteiger partial charge in [0.2, 0.25) is 0 Å². The molecule has 1 nitrogen and oxygen atoms in total. The van der Waals surface area contributed by atoms with E-state index >= 15 is 0 Å². The van der Waals surface area contributed by atoms with Crippen LogP contribution in [-0.4, -0.2) is 9.46 Å². The van der Waals surface area contributed by atoms with E-state index in [1.54, 1.807) is 5.16 Å². The lowest BCUT2D eigenvalue weighted by atomic mass is 11.8. The van der Waals surface area contributed by atoms with Crippen molar-refractivity contribution >= 4 is 52.2 Å². The number of alkyl halides is 3. The maximum Gasteiger partial charge on any atom is 0.180 e. The first-order chi connectivity index (χ1) is 3.15. The van der Waals surface area contributed by atoms with Crippen molar-refractivity contribution in [1.82, 2.24) is 0 Å². The molecule has 0 radical (unpaired) electrons. The Balaban J connectivity index is 0. The molecule has 0 spiro atoms. The summed E-state index contributed by atoms with van der Waals surface area (Å²) < 4.78 is -0.750. The minimum absolute atomic E-state index is 0.750. The van der Waals surface area contributed by atoms with E-state index in [0.717, 1.165) is 0 Å². The maximum atomic E-state index is 5.77. The first kappa shape index (κ1) is 10.6. The molecule has 0 rings (SSSR count). The van der Waals surface area contributed by atoms with Crippen LogP contribution in [0, 0.1) is 5.41 Å². The summed E-state index contributed by atoms with van der Waals surface area (Å²) in [5, 5.41) is 7.36. The molecule has 0 atom stereocenters. The summed E-state index contributed by atoms with van der Waals surface area (Å²) in [4.78, 5) is 0. The minimum Gasteiger partial charge on any atom is -0.248 e. The van der Waals surface area contributed by atoms with Gasteiger partial charge in [-0.1, -0.05) is 34.8 Å². The predicted octanol–water partition coefficient (Wildman–Crippen LogP) is 2.65. The van der Waals surface area contributed by atoms with Crippen molar-refractivity contribution in [2.75, 3.05) is 0 Å². The van der Waals surface area contributed by atoms with Crippen LogP contribution in [0.4, 0.5) is 0 Å². The molecular formula is C2H2Cl3NS. The zero-order valence-electron chi connectivity index (χ0n) is 3.12. The fraction of sp³-hybridized carbons (Fsp3) is 0.500. The van der Waals surface area contributed by atoms with E-state index in [9.17, 15) is 0 Å². The smallest absolute Gasteiger partial charge is 0.180 e. The third-order valence-corrected chi connectivity index (χ3v) is 0. The fourth-order valence-electron chi connectivity index (χ4n) is 0. The topological polar surface area (TPSA) is 23.9 Å². The molecule has 0 aromatic heterocycles. The van der Waals surface area contributed by atoms with Gasteiger partial charge in [0, 0.05) is 0 Å². The van der Waals surface area contributed by atoms with Gasteiger partial charge in [0.15, 0.2) is 4.30 Å². The van der Waals surface area contributed by atoms with Crippen LogP contribution in [0.25, 0.3) is 0 Å². The molecule has 0 aromatic carbocycles. The van der Waals surface area contributed by atoms with Crippen molar-refractivity contribution < 1.29 is 0 Å². The quantitative estimate of drug-likeness (QED) is 0.344. The summed E-state index contributed by atoms with van der Waals surface area (Å²) in [6.07, 6.45) is 0. The van der Waals surface area contributed by atoms with Gasteiger partial charge in [0.05, 0.1) is 5.16 Å². The lowest BCUT2D eigenvalue weighted by Gasteiger charge is -1.69. The Kier molecular flexibility index (Phi) is 14.9. The van der Waals surface area contributed by atoms with Crippen molar-refractivity contribution in [3.63, 3.8) is 0 Å². The molecular weight excluding hydrogens is 176 g/mol. The van der Waals surface area contributed by atoms with Gasteiger partial charge in [-0.15, -0.1) is 0 Å². The zero-order valence-corrected chi connectivity index (χ0v) is 6.20. The van der Waals surface area contributed by atoms with E-state index in [0.29, 0.717) is 0 Å². The Bertz CT molecular complexity index is 55.2. The first-order valence-electron chi connectivity index (χ1n) is 1.11. The standard InChI is InChI=1S/CHCl3.CHNS/c2-1(3)4;2-1-3/h1H;2H. The molecule has 5 heteroatoms. The Labute approximate surface area is 62.1 Å². The van der Waals surface area contributed by atoms with Crippen LogP contribution in [0.1, 0.15) is 0 Å². The molecule has 0 aliphatic heterocycles. The predicted molar refractivity (Wildman–Crippen MR) is 36.7 cm³/mol. The van der Waals surface area contributed by atoms with Gasteiger partial charge in [-0.05, 0) is 12.2 Å². The Morgan fingerprint density at radius 3 is 1.43 bits per heavy atom. The third-order valence-electron chi connectivity index (χ3n) is 0. The van der Waals surface area contributed by atoms with Crippen LogP contribution in [0.15, 0.2) is 0 Å². The summed E-state index contributed by atoms with van der Waals surface area (Å²) in [6, 6.07) is 0. The SMILES string of the molecule is ClC(Cl)Cl.N=C=S. The molecule has 0 saturated heterocycles. The average molecular weight is 178 g/mol. The lowest BCUT2D eigenvalue weighted by Crippen LogP contribution is -1.55. The molecule has 42 valence electrons. The average Bonchev–Trinajstić information content (AvgIpc) is 1.33. The van der Waals surface area contributed by atoms with Crippen LogP contribution in [0.3, 0.4) is 0 Å². The van der Waals surface area contributed by atoms with E-state index in [1.807, 2.05) is 0 Å². The van der Waals surface area contributed by atoms with Crippen LogP contribution in [0.2, 0.25) is 0 Å². The van der Waals surface area contributed by atoms with Crippen molar-refractivity contribution in [3.05, 3.63) is 0 Å². The van der Waals surface area contributed by atoms with Gasteiger partial charge in [-0.2, -0.15) is 0 Å². The number of thiocarbonyl (C=S) groups is 1. The number of nitrogens with one attached hydrogen (secondary N) is 1. The van der Waals surface area contributed by atoms with Crippen molar-refractivity contribution in [2.24, 2.45) is 0 Å². The van der Waals surface area contributed by atoms with E-state index in [2.05, 4.69) is 12.2 Å². The van der Waals surface area contributed by atoms with Crippen molar-refractivity contribution in [2.45, 2.75) is 4.30 Å². The second kappa shape index (κ2) is 9.83. The van der Waals surface area contributed by atoms with Crippen LogP contribution < -0.4 is 0 Å². The minimum atomic E-state index is -0.750. The maximum absolute atomic E-state index is 5.77. The van der Waals surface area contributed by atoms with Gasteiger partial charge >= 0.3 is 0 Å². The van der Waals surface area contributed by atoms with Crippen LogP contribution >= 0.6 is 47.0 Å². The summed E-state index contributed by atoms with van der Waals surface area (Å²) in [5.41, 5.74) is 0. The molecule has 1 N–H and O–H groups in total. The summed E-state index contributed by atoms with van der Waals surface area (Å²) in [5.74, 6) is 0. The summed E-state index contributed by atoms with van der Waals surface area (Å²) in [6.45, 7) is 0. The molecule has 0 unspecified atom stereocenters. The highest BCUT2D eigenvalue weighted by Gasteiger charge is 1.78. The van der Waals surface area contributed by atoms with Gasteiger partial charge in [-0.25, -0.2) is 5.41 Å². The second-order valence-corrected chi connectivity index (χ2v) is 2.53. The number of hydrogen-bond donors (Lipinski definition) is 1. The molecule has 0 amide bonds. The lowest BCUT2D eigenvalue weighted by molar-refractivity contribution is 1.61. The number of rotatable bonds is 0. The van der Waals surface area contributed by atoms with Gasteiger partial charge in [0.25, 0.3) is 0 Å². The fourth-order valence-corrected chi connectivity index (χ4v) is 0. The highest BCUT2D eigenvalue weighted by atomic mass is 35.6. The Morgan fingerprint density at radius 2 is 1.43 bits per heavy atom. The normalized spacial score (nSPS) is 6.29. The molecule has 0 fully saturated rings. The molecule has 0 aliphatic rings. The highest BCUT2D eigenvalue weighted by Crippen LogP contribution is 2.03. The van der Waals surface area contributed by atoms with Gasteiger partial charge in [0.1, 0.15) is 0 Å². The first-order valence-corrected chi connectivity index (χ1v) is 2.83. The molecule has 7 heavy (non-hydrogen) atoms.